The molecule has 1 aliphatic carbocycles. The van der Waals surface area contributed by atoms with Crippen molar-refractivity contribution in [3.05, 3.63) is 41.4 Å². The third kappa shape index (κ3) is 4.33. The first kappa shape index (κ1) is 15.6. The number of allylic oxidation sites excluding steroid dienone is 2. The van der Waals surface area contributed by atoms with Crippen LogP contribution in [0.15, 0.2) is 36.4 Å². The van der Waals surface area contributed by atoms with Crippen molar-refractivity contribution in [2.75, 3.05) is 5.32 Å². The van der Waals surface area contributed by atoms with Gasteiger partial charge in [0.05, 0.1) is 16.6 Å². The fourth-order valence-electron chi connectivity index (χ4n) is 2.13. The lowest BCUT2D eigenvalue weighted by Gasteiger charge is -2.19. The number of amides is 1. The van der Waals surface area contributed by atoms with E-state index in [9.17, 15) is 9.59 Å². The lowest BCUT2D eigenvalue weighted by atomic mass is 9.95. The molecule has 0 radical (unpaired) electrons. The van der Waals surface area contributed by atoms with Crippen molar-refractivity contribution in [3.8, 4) is 0 Å². The molecule has 1 aromatic carbocycles. The molecule has 4 nitrogen and oxygen atoms in total. The Morgan fingerprint density at radius 3 is 2.76 bits per heavy atom. The van der Waals surface area contributed by atoms with Crippen molar-refractivity contribution in [2.24, 2.45) is 5.92 Å². The molecule has 0 aliphatic heterocycles. The van der Waals surface area contributed by atoms with Gasteiger partial charge in [0.25, 0.3) is 5.91 Å². The summed E-state index contributed by atoms with van der Waals surface area (Å²) in [6, 6.07) is 6.92. The average molecular weight is 308 g/mol. The first-order chi connectivity index (χ1) is 10.1. The summed E-state index contributed by atoms with van der Waals surface area (Å²) in [4.78, 5) is 24.0. The van der Waals surface area contributed by atoms with Crippen LogP contribution in [0.5, 0.6) is 0 Å². The van der Waals surface area contributed by atoms with Crippen molar-refractivity contribution in [1.82, 2.24) is 0 Å². The maximum absolute atomic E-state index is 12.0. The van der Waals surface area contributed by atoms with Crippen LogP contribution in [0.25, 0.3) is 0 Å². The molecule has 1 amide bonds. The van der Waals surface area contributed by atoms with E-state index in [4.69, 9.17) is 16.3 Å². The molecule has 0 saturated carbocycles. The number of carbonyl (C=O) groups excluding carboxylic acids is 2. The van der Waals surface area contributed by atoms with E-state index in [2.05, 4.69) is 11.4 Å². The number of ether oxygens (including phenoxy) is 1. The van der Waals surface area contributed by atoms with Gasteiger partial charge in [-0.1, -0.05) is 35.9 Å². The van der Waals surface area contributed by atoms with Gasteiger partial charge in [0, 0.05) is 0 Å². The van der Waals surface area contributed by atoms with Crippen molar-refractivity contribution in [3.63, 3.8) is 0 Å². The predicted octanol–water partition coefficient (Wildman–Crippen LogP) is 3.57. The van der Waals surface area contributed by atoms with E-state index in [1.807, 2.05) is 6.08 Å². The largest absolute Gasteiger partial charge is 0.452 e. The number of halogens is 1. The van der Waals surface area contributed by atoms with Crippen LogP contribution in [0.2, 0.25) is 5.02 Å². The Hall–Kier alpha value is -1.81. The zero-order valence-corrected chi connectivity index (χ0v) is 12.6. The number of esters is 1. The van der Waals surface area contributed by atoms with E-state index < -0.39 is 6.10 Å². The van der Waals surface area contributed by atoms with E-state index in [0.717, 1.165) is 12.8 Å². The van der Waals surface area contributed by atoms with Gasteiger partial charge in [0.15, 0.2) is 6.10 Å². The summed E-state index contributed by atoms with van der Waals surface area (Å²) in [6.07, 6.45) is 5.51. The smallest absolute Gasteiger partial charge is 0.310 e. The first-order valence-electron chi connectivity index (χ1n) is 6.99. The van der Waals surface area contributed by atoms with E-state index in [0.29, 0.717) is 17.1 Å². The molecule has 112 valence electrons. The second-order valence-electron chi connectivity index (χ2n) is 5.03. The highest BCUT2D eigenvalue weighted by atomic mass is 35.5. The van der Waals surface area contributed by atoms with Crippen molar-refractivity contribution in [2.45, 2.75) is 32.3 Å². The molecule has 21 heavy (non-hydrogen) atoms. The minimum absolute atomic E-state index is 0.148. The van der Waals surface area contributed by atoms with Gasteiger partial charge in [-0.3, -0.25) is 9.59 Å². The summed E-state index contributed by atoms with van der Waals surface area (Å²) in [7, 11) is 0. The molecular formula is C16H18ClNO3. The number of rotatable bonds is 4. The summed E-state index contributed by atoms with van der Waals surface area (Å²) in [5, 5.41) is 3.10. The molecule has 1 aliphatic rings. The lowest BCUT2D eigenvalue weighted by molar-refractivity contribution is -0.157. The Bertz CT molecular complexity index is 556. The normalized spacial score (nSPS) is 18.9. The zero-order chi connectivity index (χ0) is 15.2. The van der Waals surface area contributed by atoms with E-state index in [1.54, 1.807) is 31.2 Å². The summed E-state index contributed by atoms with van der Waals surface area (Å²) in [5.41, 5.74) is 0.507. The van der Waals surface area contributed by atoms with Crippen LogP contribution < -0.4 is 5.32 Å². The highest BCUT2D eigenvalue weighted by Gasteiger charge is 2.25. The van der Waals surface area contributed by atoms with E-state index >= 15 is 0 Å². The Morgan fingerprint density at radius 1 is 1.33 bits per heavy atom. The van der Waals surface area contributed by atoms with E-state index in [-0.39, 0.29) is 17.8 Å². The molecule has 0 spiro atoms. The molecule has 0 fully saturated rings. The fraction of sp³-hybridized carbons (Fsp3) is 0.375. The third-order valence-corrected chi connectivity index (χ3v) is 3.73. The Labute approximate surface area is 129 Å². The molecule has 0 aromatic heterocycles. The standard InChI is InChI=1S/C16H18ClNO3/c1-11(21-16(20)12-7-3-2-4-8-12)15(19)18-14-10-6-5-9-13(14)17/h2-3,5-6,9-12H,4,7-8H2,1H3,(H,18,19)/t11-,12-/m1/s1. The van der Waals surface area contributed by atoms with Crippen LogP contribution in [0.4, 0.5) is 5.69 Å². The van der Waals surface area contributed by atoms with Crippen molar-refractivity contribution in [1.29, 1.82) is 0 Å². The van der Waals surface area contributed by atoms with Gasteiger partial charge < -0.3 is 10.1 Å². The van der Waals surface area contributed by atoms with Crippen LogP contribution in [0, 0.1) is 5.92 Å². The van der Waals surface area contributed by atoms with Crippen LogP contribution in [-0.2, 0) is 14.3 Å². The summed E-state index contributed by atoms with van der Waals surface area (Å²) < 4.78 is 5.24. The maximum atomic E-state index is 12.0. The number of nitrogens with one attached hydrogen (secondary N) is 1. The number of carbonyl (C=O) groups is 2. The number of benzene rings is 1. The monoisotopic (exact) mass is 307 g/mol. The molecule has 5 heteroatoms. The zero-order valence-electron chi connectivity index (χ0n) is 11.8. The quantitative estimate of drug-likeness (QED) is 0.683. The van der Waals surface area contributed by atoms with Crippen LogP contribution in [-0.4, -0.2) is 18.0 Å². The molecule has 0 unspecified atom stereocenters. The van der Waals surface area contributed by atoms with E-state index in [1.165, 1.54) is 0 Å². The van der Waals surface area contributed by atoms with Gasteiger partial charge in [-0.15, -0.1) is 0 Å². The van der Waals surface area contributed by atoms with Crippen LogP contribution >= 0.6 is 11.6 Å². The summed E-state index contributed by atoms with van der Waals surface area (Å²) >= 11 is 5.97. The molecule has 2 rings (SSSR count). The maximum Gasteiger partial charge on any atom is 0.310 e. The second-order valence-corrected chi connectivity index (χ2v) is 5.44. The summed E-state index contributed by atoms with van der Waals surface area (Å²) in [6.45, 7) is 1.56. The SMILES string of the molecule is C[C@@H](OC(=O)[C@@H]1CC=CCC1)C(=O)Nc1ccccc1Cl. The Morgan fingerprint density at radius 2 is 2.10 bits per heavy atom. The lowest BCUT2D eigenvalue weighted by Crippen LogP contribution is -2.32. The van der Waals surface area contributed by atoms with Crippen molar-refractivity contribution < 1.29 is 14.3 Å². The van der Waals surface area contributed by atoms with Gasteiger partial charge in [0.1, 0.15) is 0 Å². The molecule has 1 N–H and O–H groups in total. The highest BCUT2D eigenvalue weighted by molar-refractivity contribution is 6.33. The molecule has 0 bridgehead atoms. The van der Waals surface area contributed by atoms with Gasteiger partial charge in [-0.05, 0) is 38.3 Å². The minimum atomic E-state index is -0.848. The highest BCUT2D eigenvalue weighted by Crippen LogP contribution is 2.22. The van der Waals surface area contributed by atoms with Crippen molar-refractivity contribution >= 4 is 29.2 Å². The van der Waals surface area contributed by atoms with Crippen LogP contribution in [0.3, 0.4) is 0 Å². The molecule has 1 aromatic rings. The predicted molar refractivity (Wildman–Crippen MR) is 82.1 cm³/mol. The van der Waals surface area contributed by atoms with Crippen LogP contribution in [0.1, 0.15) is 26.2 Å². The number of hydrogen-bond acceptors (Lipinski definition) is 3. The third-order valence-electron chi connectivity index (χ3n) is 3.40. The topological polar surface area (TPSA) is 55.4 Å². The molecule has 0 heterocycles. The fourth-order valence-corrected chi connectivity index (χ4v) is 2.31. The molecule has 2 atom stereocenters. The Balaban J connectivity index is 1.89. The first-order valence-corrected chi connectivity index (χ1v) is 7.36. The Kier molecular flexibility index (Phi) is 5.39. The molecule has 0 saturated heterocycles. The minimum Gasteiger partial charge on any atom is -0.452 e. The number of hydrogen-bond donors (Lipinski definition) is 1. The van der Waals surface area contributed by atoms with Gasteiger partial charge in [0.2, 0.25) is 0 Å². The molecular weight excluding hydrogens is 290 g/mol. The summed E-state index contributed by atoms with van der Waals surface area (Å²) in [5.74, 6) is -0.852. The number of para-hydroxylation sites is 1. The van der Waals surface area contributed by atoms with Gasteiger partial charge in [-0.2, -0.15) is 0 Å². The van der Waals surface area contributed by atoms with Gasteiger partial charge in [-0.25, -0.2) is 0 Å². The average Bonchev–Trinajstić information content (AvgIpc) is 2.50. The number of anilines is 1. The second kappa shape index (κ2) is 7.27. The van der Waals surface area contributed by atoms with Gasteiger partial charge >= 0.3 is 5.97 Å².